The van der Waals surface area contributed by atoms with Crippen LogP contribution in [0.4, 0.5) is 11.4 Å². The molecular weight excluding hydrogens is 499 g/mol. The van der Waals surface area contributed by atoms with Gasteiger partial charge in [0.15, 0.2) is 0 Å². The van der Waals surface area contributed by atoms with Crippen molar-refractivity contribution in [3.63, 3.8) is 0 Å². The third kappa shape index (κ3) is 4.97. The first kappa shape index (κ1) is 21.3. The van der Waals surface area contributed by atoms with Crippen molar-refractivity contribution in [3.05, 3.63) is 87.5 Å². The van der Waals surface area contributed by atoms with Gasteiger partial charge in [0.1, 0.15) is 6.54 Å². The predicted octanol–water partition coefficient (Wildman–Crippen LogP) is 4.74. The van der Waals surface area contributed by atoms with Crippen molar-refractivity contribution in [3.8, 4) is 0 Å². The molecule has 0 spiro atoms. The zero-order chi connectivity index (χ0) is 21.0. The highest BCUT2D eigenvalue weighted by molar-refractivity contribution is 14.1. The number of carbonyl (C=O) groups is 1. The van der Waals surface area contributed by atoms with Crippen molar-refractivity contribution >= 4 is 49.9 Å². The van der Waals surface area contributed by atoms with Crippen molar-refractivity contribution in [2.75, 3.05) is 16.2 Å². The van der Waals surface area contributed by atoms with Gasteiger partial charge < -0.3 is 5.32 Å². The third-order valence-corrected chi connectivity index (χ3v) is 7.12. The van der Waals surface area contributed by atoms with Gasteiger partial charge in [-0.1, -0.05) is 30.3 Å². The van der Waals surface area contributed by atoms with E-state index >= 15 is 0 Å². The Kier molecular flexibility index (Phi) is 6.59. The van der Waals surface area contributed by atoms with Crippen LogP contribution in [0.5, 0.6) is 0 Å². The van der Waals surface area contributed by atoms with Crippen molar-refractivity contribution in [2.24, 2.45) is 0 Å². The second-order valence-electron chi connectivity index (χ2n) is 6.60. The molecule has 1 N–H and O–H groups in total. The maximum atomic E-state index is 13.3. The number of halogens is 1. The number of anilines is 2. The summed E-state index contributed by atoms with van der Waals surface area (Å²) in [4.78, 5) is 12.9. The maximum Gasteiger partial charge on any atom is 0.264 e. The Balaban J connectivity index is 1.94. The Labute approximate surface area is 184 Å². The minimum absolute atomic E-state index is 0.137. The van der Waals surface area contributed by atoms with Crippen molar-refractivity contribution in [1.29, 1.82) is 0 Å². The van der Waals surface area contributed by atoms with Crippen LogP contribution < -0.4 is 9.62 Å². The summed E-state index contributed by atoms with van der Waals surface area (Å²) < 4.78 is 28.7. The first-order chi connectivity index (χ1) is 13.8. The maximum absolute atomic E-state index is 13.3. The topological polar surface area (TPSA) is 66.5 Å². The zero-order valence-corrected chi connectivity index (χ0v) is 19.1. The van der Waals surface area contributed by atoms with Crippen LogP contribution >= 0.6 is 22.6 Å². The molecule has 29 heavy (non-hydrogen) atoms. The lowest BCUT2D eigenvalue weighted by Crippen LogP contribution is -2.38. The summed E-state index contributed by atoms with van der Waals surface area (Å²) in [5.41, 5.74) is 3.11. The lowest BCUT2D eigenvalue weighted by atomic mass is 10.1. The monoisotopic (exact) mass is 520 g/mol. The molecule has 3 aromatic carbocycles. The van der Waals surface area contributed by atoms with E-state index in [0.717, 1.165) is 19.0 Å². The number of nitrogens with zero attached hydrogens (tertiary/aromatic N) is 1. The molecule has 0 saturated heterocycles. The van der Waals surface area contributed by atoms with Crippen LogP contribution in [0.15, 0.2) is 77.7 Å². The van der Waals surface area contributed by atoms with Gasteiger partial charge in [0, 0.05) is 9.26 Å². The number of carbonyl (C=O) groups excluding carboxylic acids is 1. The lowest BCUT2D eigenvalue weighted by Gasteiger charge is -2.24. The smallest absolute Gasteiger partial charge is 0.264 e. The molecule has 0 atom stereocenters. The summed E-state index contributed by atoms with van der Waals surface area (Å²) in [5, 5.41) is 2.84. The van der Waals surface area contributed by atoms with Crippen LogP contribution in [-0.2, 0) is 14.8 Å². The van der Waals surface area contributed by atoms with Crippen LogP contribution in [0.3, 0.4) is 0 Å². The van der Waals surface area contributed by atoms with Crippen LogP contribution in [0.2, 0.25) is 0 Å². The van der Waals surface area contributed by atoms with E-state index < -0.39 is 15.9 Å². The molecule has 3 rings (SSSR count). The SMILES string of the molecule is Cc1cccc(NC(=O)CN(c2ccc(I)cc2)S(=O)(=O)c2ccccc2)c1C. The van der Waals surface area contributed by atoms with Gasteiger partial charge >= 0.3 is 0 Å². The second-order valence-corrected chi connectivity index (χ2v) is 9.70. The molecule has 0 saturated carbocycles. The van der Waals surface area contributed by atoms with Crippen LogP contribution in [0, 0.1) is 17.4 Å². The fraction of sp³-hybridized carbons (Fsp3) is 0.136. The van der Waals surface area contributed by atoms with E-state index in [9.17, 15) is 13.2 Å². The van der Waals surface area contributed by atoms with Gasteiger partial charge in [-0.05, 0) is 90.0 Å². The first-order valence-corrected chi connectivity index (χ1v) is 11.5. The van der Waals surface area contributed by atoms with Gasteiger partial charge in [-0.25, -0.2) is 8.42 Å². The minimum Gasteiger partial charge on any atom is -0.324 e. The van der Waals surface area contributed by atoms with Gasteiger partial charge in [-0.15, -0.1) is 0 Å². The Morgan fingerprint density at radius 3 is 2.24 bits per heavy atom. The molecule has 0 aliphatic carbocycles. The highest BCUT2D eigenvalue weighted by atomic mass is 127. The molecule has 5 nitrogen and oxygen atoms in total. The van der Waals surface area contributed by atoms with Gasteiger partial charge in [0.05, 0.1) is 10.6 Å². The van der Waals surface area contributed by atoms with Gasteiger partial charge in [-0.3, -0.25) is 9.10 Å². The van der Waals surface area contributed by atoms with E-state index in [4.69, 9.17) is 0 Å². The van der Waals surface area contributed by atoms with Crippen molar-refractivity contribution in [2.45, 2.75) is 18.7 Å². The summed E-state index contributed by atoms with van der Waals surface area (Å²) in [7, 11) is -3.90. The Morgan fingerprint density at radius 1 is 0.931 bits per heavy atom. The summed E-state index contributed by atoms with van der Waals surface area (Å²) in [6.07, 6.45) is 0. The molecule has 150 valence electrons. The Morgan fingerprint density at radius 2 is 1.59 bits per heavy atom. The molecule has 0 unspecified atom stereocenters. The molecular formula is C22H21IN2O3S. The molecule has 3 aromatic rings. The number of rotatable bonds is 6. The van der Waals surface area contributed by atoms with E-state index in [2.05, 4.69) is 27.9 Å². The van der Waals surface area contributed by atoms with Crippen LogP contribution in [0.1, 0.15) is 11.1 Å². The minimum atomic E-state index is -3.90. The predicted molar refractivity (Wildman–Crippen MR) is 125 cm³/mol. The van der Waals surface area contributed by atoms with Gasteiger partial charge in [0.25, 0.3) is 10.0 Å². The lowest BCUT2D eigenvalue weighted by molar-refractivity contribution is -0.114. The number of aryl methyl sites for hydroxylation is 1. The Bertz CT molecular complexity index is 1110. The summed E-state index contributed by atoms with van der Waals surface area (Å²) >= 11 is 2.15. The largest absolute Gasteiger partial charge is 0.324 e. The third-order valence-electron chi connectivity index (χ3n) is 4.61. The van der Waals surface area contributed by atoms with E-state index in [1.807, 2.05) is 38.1 Å². The summed E-state index contributed by atoms with van der Waals surface area (Å²) in [6, 6.07) is 20.8. The average molecular weight is 520 g/mol. The molecule has 0 heterocycles. The molecule has 0 aromatic heterocycles. The van der Waals surface area contributed by atoms with E-state index in [1.165, 1.54) is 12.1 Å². The standard InChI is InChI=1S/C22H21IN2O3S/c1-16-7-6-10-21(17(16)2)24-22(26)15-25(19-13-11-18(23)12-14-19)29(27,28)20-8-4-3-5-9-20/h3-14H,15H2,1-2H3,(H,24,26). The van der Waals surface area contributed by atoms with E-state index in [0.29, 0.717) is 11.4 Å². The zero-order valence-electron chi connectivity index (χ0n) is 16.1. The fourth-order valence-corrected chi connectivity index (χ4v) is 4.65. The van der Waals surface area contributed by atoms with Crippen molar-refractivity contribution in [1.82, 2.24) is 0 Å². The average Bonchev–Trinajstić information content (AvgIpc) is 2.71. The molecule has 0 aliphatic rings. The molecule has 0 bridgehead atoms. The molecule has 0 radical (unpaired) electrons. The Hall–Kier alpha value is -2.39. The number of sulfonamides is 1. The molecule has 0 aliphatic heterocycles. The first-order valence-electron chi connectivity index (χ1n) is 8.98. The fourth-order valence-electron chi connectivity index (χ4n) is 2.85. The van der Waals surface area contributed by atoms with Gasteiger partial charge in [0.2, 0.25) is 5.91 Å². The van der Waals surface area contributed by atoms with Gasteiger partial charge in [-0.2, -0.15) is 0 Å². The quantitative estimate of drug-likeness (QED) is 0.478. The number of nitrogens with one attached hydrogen (secondary N) is 1. The van der Waals surface area contributed by atoms with Crippen molar-refractivity contribution < 1.29 is 13.2 Å². The van der Waals surface area contributed by atoms with E-state index in [-0.39, 0.29) is 11.4 Å². The summed E-state index contributed by atoms with van der Waals surface area (Å²) in [5.74, 6) is -0.406. The second kappa shape index (κ2) is 8.96. The molecule has 1 amide bonds. The highest BCUT2D eigenvalue weighted by Gasteiger charge is 2.27. The number of benzene rings is 3. The number of hydrogen-bond acceptors (Lipinski definition) is 3. The molecule has 7 heteroatoms. The molecule has 0 fully saturated rings. The number of amides is 1. The van der Waals surface area contributed by atoms with Crippen LogP contribution in [-0.4, -0.2) is 20.9 Å². The summed E-state index contributed by atoms with van der Waals surface area (Å²) in [6.45, 7) is 3.55. The highest BCUT2D eigenvalue weighted by Crippen LogP contribution is 2.25. The number of hydrogen-bond donors (Lipinski definition) is 1. The normalized spacial score (nSPS) is 11.1. The van der Waals surface area contributed by atoms with Crippen LogP contribution in [0.25, 0.3) is 0 Å². The van der Waals surface area contributed by atoms with E-state index in [1.54, 1.807) is 36.4 Å².